The van der Waals surface area contributed by atoms with Crippen LogP contribution < -0.4 is 0 Å². The molecule has 0 atom stereocenters. The van der Waals surface area contributed by atoms with Gasteiger partial charge in [0.2, 0.25) is 0 Å². The lowest BCUT2D eigenvalue weighted by Gasteiger charge is -2.05. The zero-order valence-electron chi connectivity index (χ0n) is 17.2. The van der Waals surface area contributed by atoms with Crippen molar-refractivity contribution in [3.8, 4) is 0 Å². The van der Waals surface area contributed by atoms with Crippen LogP contribution in [0.5, 0.6) is 0 Å². The molecule has 0 heterocycles. The van der Waals surface area contributed by atoms with Crippen LogP contribution in [-0.4, -0.2) is 12.6 Å². The van der Waals surface area contributed by atoms with Crippen LogP contribution in [0.15, 0.2) is 24.3 Å². The first kappa shape index (κ1) is 23.0. The summed E-state index contributed by atoms with van der Waals surface area (Å²) < 4.78 is 5.34. The molecule has 0 aromatic heterocycles. The molecule has 0 N–H and O–H groups in total. The number of carbonyl (C=O) groups excluding carboxylic acids is 1. The minimum Gasteiger partial charge on any atom is -0.466 e. The van der Waals surface area contributed by atoms with E-state index >= 15 is 0 Å². The van der Waals surface area contributed by atoms with Crippen molar-refractivity contribution in [3.63, 3.8) is 0 Å². The minimum atomic E-state index is 0.0122. The maximum Gasteiger partial charge on any atom is 0.305 e. The van der Waals surface area contributed by atoms with E-state index in [0.29, 0.717) is 13.0 Å². The molecule has 0 amide bonds. The quantitative estimate of drug-likeness (QED) is 0.143. The SMILES string of the molecule is C/C=C/C=C/CCCCCCCCCOC(=O)CCCCCCC1CC1. The van der Waals surface area contributed by atoms with Crippen LogP contribution in [0.4, 0.5) is 0 Å². The van der Waals surface area contributed by atoms with Crippen molar-refractivity contribution in [2.24, 2.45) is 5.92 Å². The average molecular weight is 363 g/mol. The van der Waals surface area contributed by atoms with Crippen molar-refractivity contribution in [2.75, 3.05) is 6.61 Å². The second kappa shape index (κ2) is 17.4. The molecule has 1 aliphatic rings. The van der Waals surface area contributed by atoms with Gasteiger partial charge < -0.3 is 4.74 Å². The zero-order valence-corrected chi connectivity index (χ0v) is 17.2. The molecule has 1 fully saturated rings. The molecule has 1 aliphatic carbocycles. The van der Waals surface area contributed by atoms with Crippen molar-refractivity contribution in [2.45, 2.75) is 110 Å². The van der Waals surface area contributed by atoms with E-state index in [2.05, 4.69) is 24.3 Å². The molecule has 0 aromatic carbocycles. The van der Waals surface area contributed by atoms with E-state index < -0.39 is 0 Å². The van der Waals surface area contributed by atoms with E-state index in [-0.39, 0.29) is 5.97 Å². The lowest BCUT2D eigenvalue weighted by molar-refractivity contribution is -0.143. The van der Waals surface area contributed by atoms with Crippen molar-refractivity contribution < 1.29 is 9.53 Å². The lowest BCUT2D eigenvalue weighted by atomic mass is 10.1. The van der Waals surface area contributed by atoms with E-state index in [1.165, 1.54) is 83.5 Å². The van der Waals surface area contributed by atoms with Crippen LogP contribution in [0.3, 0.4) is 0 Å². The van der Waals surface area contributed by atoms with Crippen LogP contribution in [0, 0.1) is 5.92 Å². The fraction of sp³-hybridized carbons (Fsp3) is 0.792. The van der Waals surface area contributed by atoms with Crippen LogP contribution in [0.1, 0.15) is 110 Å². The molecule has 0 radical (unpaired) electrons. The molecular weight excluding hydrogens is 320 g/mol. The van der Waals surface area contributed by atoms with Gasteiger partial charge in [0, 0.05) is 6.42 Å². The van der Waals surface area contributed by atoms with Gasteiger partial charge >= 0.3 is 5.97 Å². The smallest absolute Gasteiger partial charge is 0.305 e. The van der Waals surface area contributed by atoms with Gasteiger partial charge in [-0.3, -0.25) is 4.79 Å². The van der Waals surface area contributed by atoms with Crippen LogP contribution in [0.25, 0.3) is 0 Å². The summed E-state index contributed by atoms with van der Waals surface area (Å²) in [5.74, 6) is 1.06. The Morgan fingerprint density at radius 3 is 2.23 bits per heavy atom. The summed E-state index contributed by atoms with van der Waals surface area (Å²) in [6.45, 7) is 2.67. The third-order valence-corrected chi connectivity index (χ3v) is 5.16. The first-order chi connectivity index (χ1) is 12.8. The number of allylic oxidation sites excluding steroid dienone is 4. The maximum absolute atomic E-state index is 11.7. The Morgan fingerprint density at radius 2 is 1.50 bits per heavy atom. The number of ether oxygens (including phenoxy) is 1. The van der Waals surface area contributed by atoms with Gasteiger partial charge in [-0.05, 0) is 38.5 Å². The molecule has 1 rings (SSSR count). The Labute approximate surface area is 162 Å². The summed E-state index contributed by atoms with van der Waals surface area (Å²) >= 11 is 0. The fourth-order valence-corrected chi connectivity index (χ4v) is 3.25. The van der Waals surface area contributed by atoms with Gasteiger partial charge in [-0.1, -0.05) is 94.9 Å². The first-order valence-electron chi connectivity index (χ1n) is 11.3. The normalized spacial score (nSPS) is 14.5. The van der Waals surface area contributed by atoms with Crippen LogP contribution in [-0.2, 0) is 9.53 Å². The molecule has 150 valence electrons. The van der Waals surface area contributed by atoms with Crippen LogP contribution >= 0.6 is 0 Å². The second-order valence-electron chi connectivity index (χ2n) is 7.83. The summed E-state index contributed by atoms with van der Waals surface area (Å²) in [6, 6.07) is 0. The third-order valence-electron chi connectivity index (χ3n) is 5.16. The van der Waals surface area contributed by atoms with Crippen molar-refractivity contribution in [1.82, 2.24) is 0 Å². The standard InChI is InChI=1S/C24H42O2/c1-2-3-4-5-6-7-8-9-10-11-14-17-22-26-24(25)19-16-13-12-15-18-23-20-21-23/h2-5,23H,6-22H2,1H3/b3-2+,5-4+. The summed E-state index contributed by atoms with van der Waals surface area (Å²) in [5, 5.41) is 0. The van der Waals surface area contributed by atoms with Gasteiger partial charge in [0.25, 0.3) is 0 Å². The number of carbonyl (C=O) groups is 1. The van der Waals surface area contributed by atoms with E-state index in [0.717, 1.165) is 18.8 Å². The van der Waals surface area contributed by atoms with Gasteiger partial charge in [-0.2, -0.15) is 0 Å². The van der Waals surface area contributed by atoms with Gasteiger partial charge in [-0.15, -0.1) is 0 Å². The highest BCUT2D eigenvalue weighted by Gasteiger charge is 2.19. The Morgan fingerprint density at radius 1 is 0.846 bits per heavy atom. The number of hydrogen-bond donors (Lipinski definition) is 0. The fourth-order valence-electron chi connectivity index (χ4n) is 3.25. The van der Waals surface area contributed by atoms with Gasteiger partial charge in [0.15, 0.2) is 0 Å². The summed E-state index contributed by atoms with van der Waals surface area (Å²) in [7, 11) is 0. The summed E-state index contributed by atoms with van der Waals surface area (Å²) in [4.78, 5) is 11.7. The predicted octanol–water partition coefficient (Wildman–Crippen LogP) is 7.53. The van der Waals surface area contributed by atoms with Gasteiger partial charge in [0.05, 0.1) is 6.61 Å². The van der Waals surface area contributed by atoms with E-state index in [4.69, 9.17) is 4.74 Å². The van der Waals surface area contributed by atoms with E-state index in [9.17, 15) is 4.79 Å². The lowest BCUT2D eigenvalue weighted by Crippen LogP contribution is -2.05. The Kier molecular flexibility index (Phi) is 15.4. The molecule has 0 unspecified atom stereocenters. The highest BCUT2D eigenvalue weighted by molar-refractivity contribution is 5.69. The molecular formula is C24H42O2. The summed E-state index contributed by atoms with van der Waals surface area (Å²) in [5.41, 5.74) is 0. The Bertz CT molecular complexity index is 380. The van der Waals surface area contributed by atoms with Crippen molar-refractivity contribution in [1.29, 1.82) is 0 Å². The van der Waals surface area contributed by atoms with Gasteiger partial charge in [-0.25, -0.2) is 0 Å². The topological polar surface area (TPSA) is 26.3 Å². The largest absolute Gasteiger partial charge is 0.466 e. The third kappa shape index (κ3) is 16.4. The van der Waals surface area contributed by atoms with Crippen LogP contribution in [0.2, 0.25) is 0 Å². The number of hydrogen-bond acceptors (Lipinski definition) is 2. The average Bonchev–Trinajstić information content (AvgIpc) is 3.46. The Hall–Kier alpha value is -1.05. The highest BCUT2D eigenvalue weighted by atomic mass is 16.5. The number of rotatable bonds is 18. The molecule has 2 heteroatoms. The van der Waals surface area contributed by atoms with Gasteiger partial charge in [0.1, 0.15) is 0 Å². The van der Waals surface area contributed by atoms with Crippen molar-refractivity contribution >= 4 is 5.97 Å². The first-order valence-corrected chi connectivity index (χ1v) is 11.3. The monoisotopic (exact) mass is 362 g/mol. The predicted molar refractivity (Wildman–Crippen MR) is 112 cm³/mol. The second-order valence-corrected chi connectivity index (χ2v) is 7.83. The molecule has 1 saturated carbocycles. The molecule has 26 heavy (non-hydrogen) atoms. The maximum atomic E-state index is 11.7. The molecule has 0 aliphatic heterocycles. The highest BCUT2D eigenvalue weighted by Crippen LogP contribution is 2.34. The zero-order chi connectivity index (χ0) is 18.7. The molecule has 0 spiro atoms. The number of esters is 1. The van der Waals surface area contributed by atoms with E-state index in [1.54, 1.807) is 0 Å². The number of unbranched alkanes of at least 4 members (excludes halogenated alkanes) is 10. The summed E-state index contributed by atoms with van der Waals surface area (Å²) in [6.07, 6.45) is 28.3. The molecule has 0 aromatic rings. The minimum absolute atomic E-state index is 0.0122. The molecule has 2 nitrogen and oxygen atoms in total. The Balaban J connectivity index is 1.71. The van der Waals surface area contributed by atoms with Crippen molar-refractivity contribution in [3.05, 3.63) is 24.3 Å². The van der Waals surface area contributed by atoms with E-state index in [1.807, 2.05) is 6.92 Å². The molecule has 0 saturated heterocycles. The molecule has 0 bridgehead atoms.